The highest BCUT2D eigenvalue weighted by molar-refractivity contribution is 9.10. The number of ether oxygens (including phenoxy) is 2. The Morgan fingerprint density at radius 2 is 1.80 bits per heavy atom. The van der Waals surface area contributed by atoms with Gasteiger partial charge in [0.15, 0.2) is 5.70 Å². The number of carbonyl (C=O) groups excluding carboxylic acids is 2. The molecule has 0 saturated carbocycles. The second-order valence-corrected chi connectivity index (χ2v) is 7.59. The Morgan fingerprint density at radius 1 is 1.03 bits per heavy atom. The molecule has 0 N–H and O–H groups in total. The first-order valence-corrected chi connectivity index (χ1v) is 9.95. The maximum Gasteiger partial charge on any atom is 0.363 e. The second kappa shape index (κ2) is 8.47. The van der Waals surface area contributed by atoms with Gasteiger partial charge in [-0.05, 0) is 67.1 Å². The maximum atomic E-state index is 12.3. The molecule has 3 aromatic carbocycles. The van der Waals surface area contributed by atoms with Gasteiger partial charge < -0.3 is 9.47 Å². The molecule has 0 radical (unpaired) electrons. The Hall–Kier alpha value is -3.51. The zero-order valence-electron chi connectivity index (χ0n) is 16.0. The van der Waals surface area contributed by atoms with Gasteiger partial charge >= 0.3 is 11.9 Å². The first-order valence-electron chi connectivity index (χ1n) is 9.15. The van der Waals surface area contributed by atoms with E-state index < -0.39 is 11.9 Å². The number of rotatable bonds is 4. The van der Waals surface area contributed by atoms with Crippen molar-refractivity contribution in [1.82, 2.24) is 0 Å². The number of esters is 2. The minimum atomic E-state index is -0.524. The van der Waals surface area contributed by atoms with Gasteiger partial charge in [-0.3, -0.25) is 0 Å². The maximum absolute atomic E-state index is 12.3. The lowest BCUT2D eigenvalue weighted by atomic mass is 10.1. The van der Waals surface area contributed by atoms with E-state index in [1.807, 2.05) is 31.2 Å². The topological polar surface area (TPSA) is 65.0 Å². The van der Waals surface area contributed by atoms with Gasteiger partial charge in [0.1, 0.15) is 5.75 Å². The minimum absolute atomic E-state index is 0.183. The molecule has 148 valence electrons. The number of aryl methyl sites for hydroxylation is 1. The van der Waals surface area contributed by atoms with E-state index in [1.54, 1.807) is 54.6 Å². The van der Waals surface area contributed by atoms with Crippen molar-refractivity contribution >= 4 is 39.8 Å². The first kappa shape index (κ1) is 19.8. The number of nitrogens with zero attached hydrogens (tertiary/aromatic N) is 1. The van der Waals surface area contributed by atoms with Crippen molar-refractivity contribution in [1.29, 1.82) is 0 Å². The van der Waals surface area contributed by atoms with Gasteiger partial charge in [0.25, 0.3) is 0 Å². The molecular formula is C24H16BrNO4. The minimum Gasteiger partial charge on any atom is -0.423 e. The Labute approximate surface area is 181 Å². The van der Waals surface area contributed by atoms with Crippen LogP contribution in [0.4, 0.5) is 0 Å². The van der Waals surface area contributed by atoms with Gasteiger partial charge in [-0.15, -0.1) is 0 Å². The molecule has 3 aromatic rings. The van der Waals surface area contributed by atoms with Crippen molar-refractivity contribution in [2.24, 2.45) is 4.99 Å². The predicted octanol–water partition coefficient (Wildman–Crippen LogP) is 5.32. The third kappa shape index (κ3) is 4.55. The van der Waals surface area contributed by atoms with Crippen LogP contribution < -0.4 is 4.74 Å². The van der Waals surface area contributed by atoms with Crippen LogP contribution in [0.3, 0.4) is 0 Å². The zero-order chi connectivity index (χ0) is 21.1. The van der Waals surface area contributed by atoms with Crippen LogP contribution >= 0.6 is 15.9 Å². The number of benzene rings is 3. The second-order valence-electron chi connectivity index (χ2n) is 6.67. The molecule has 30 heavy (non-hydrogen) atoms. The van der Waals surface area contributed by atoms with Crippen LogP contribution in [0.5, 0.6) is 5.75 Å². The summed E-state index contributed by atoms with van der Waals surface area (Å²) in [5.74, 6) is -0.351. The molecule has 0 bridgehead atoms. The average Bonchev–Trinajstić information content (AvgIpc) is 3.09. The van der Waals surface area contributed by atoms with E-state index in [9.17, 15) is 9.59 Å². The predicted molar refractivity (Wildman–Crippen MR) is 117 cm³/mol. The molecule has 4 rings (SSSR count). The van der Waals surface area contributed by atoms with E-state index >= 15 is 0 Å². The zero-order valence-corrected chi connectivity index (χ0v) is 17.5. The number of halogens is 1. The average molecular weight is 462 g/mol. The summed E-state index contributed by atoms with van der Waals surface area (Å²) in [5.41, 5.74) is 3.07. The summed E-state index contributed by atoms with van der Waals surface area (Å²) < 4.78 is 11.6. The number of hydrogen-bond donors (Lipinski definition) is 0. The lowest BCUT2D eigenvalue weighted by Gasteiger charge is -2.05. The van der Waals surface area contributed by atoms with E-state index in [-0.39, 0.29) is 11.6 Å². The van der Waals surface area contributed by atoms with Crippen LogP contribution in [0, 0.1) is 6.92 Å². The normalized spacial score (nSPS) is 14.4. The summed E-state index contributed by atoms with van der Waals surface area (Å²) in [6, 6.07) is 21.3. The first-order chi connectivity index (χ1) is 14.5. The molecule has 5 nitrogen and oxygen atoms in total. The smallest absolute Gasteiger partial charge is 0.363 e. The fourth-order valence-corrected chi connectivity index (χ4v) is 3.15. The summed E-state index contributed by atoms with van der Waals surface area (Å²) in [4.78, 5) is 28.9. The summed E-state index contributed by atoms with van der Waals surface area (Å²) in [5, 5.41) is 0. The standard InChI is InChI=1S/C24H16BrNO4/c1-15-4-2-6-18(12-15)22-26-21(24(28)30-22)14-16-5-3-7-20(13-16)29-23(27)17-8-10-19(25)11-9-17/h2-14H,1H3/b21-14-. The highest BCUT2D eigenvalue weighted by atomic mass is 79.9. The van der Waals surface area contributed by atoms with Crippen LogP contribution in [0.15, 0.2) is 88.0 Å². The van der Waals surface area contributed by atoms with Crippen LogP contribution in [0.25, 0.3) is 6.08 Å². The Morgan fingerprint density at radius 3 is 2.57 bits per heavy atom. The number of carbonyl (C=O) groups is 2. The van der Waals surface area contributed by atoms with Crippen molar-refractivity contribution in [3.05, 3.63) is 105 Å². The Bertz CT molecular complexity index is 1200. The fraction of sp³-hybridized carbons (Fsp3) is 0.0417. The quantitative estimate of drug-likeness (QED) is 0.299. The number of aliphatic imine (C=N–C) groups is 1. The van der Waals surface area contributed by atoms with Crippen molar-refractivity contribution in [3.63, 3.8) is 0 Å². The van der Waals surface area contributed by atoms with Crippen molar-refractivity contribution < 1.29 is 19.1 Å². The van der Waals surface area contributed by atoms with Crippen LogP contribution in [-0.2, 0) is 9.53 Å². The van der Waals surface area contributed by atoms with E-state index in [0.29, 0.717) is 16.9 Å². The monoisotopic (exact) mass is 461 g/mol. The molecule has 1 aliphatic rings. The Balaban J connectivity index is 1.55. The largest absolute Gasteiger partial charge is 0.423 e. The highest BCUT2D eigenvalue weighted by Crippen LogP contribution is 2.22. The number of hydrogen-bond acceptors (Lipinski definition) is 5. The molecule has 0 unspecified atom stereocenters. The SMILES string of the molecule is Cc1cccc(C2=N/C(=C\c3cccc(OC(=O)c4ccc(Br)cc4)c3)C(=O)O2)c1. The third-order valence-electron chi connectivity index (χ3n) is 4.34. The van der Waals surface area contributed by atoms with Crippen molar-refractivity contribution in [3.8, 4) is 5.75 Å². The van der Waals surface area contributed by atoms with Gasteiger partial charge in [-0.1, -0.05) is 45.8 Å². The molecule has 0 aromatic heterocycles. The summed E-state index contributed by atoms with van der Waals surface area (Å²) in [6.07, 6.45) is 1.60. The fourth-order valence-electron chi connectivity index (χ4n) is 2.89. The lowest BCUT2D eigenvalue weighted by molar-refractivity contribution is -0.129. The summed E-state index contributed by atoms with van der Waals surface area (Å²) in [6.45, 7) is 1.96. The van der Waals surface area contributed by atoms with Crippen LogP contribution in [0.2, 0.25) is 0 Å². The summed E-state index contributed by atoms with van der Waals surface area (Å²) in [7, 11) is 0. The molecule has 0 spiro atoms. The van der Waals surface area contributed by atoms with Crippen LogP contribution in [0.1, 0.15) is 27.0 Å². The highest BCUT2D eigenvalue weighted by Gasteiger charge is 2.24. The molecule has 6 heteroatoms. The van der Waals surface area contributed by atoms with Gasteiger partial charge in [0.2, 0.25) is 5.90 Å². The molecule has 0 atom stereocenters. The van der Waals surface area contributed by atoms with E-state index in [0.717, 1.165) is 15.6 Å². The molecule has 0 amide bonds. The molecule has 0 fully saturated rings. The van der Waals surface area contributed by atoms with Gasteiger partial charge in [-0.25, -0.2) is 14.6 Å². The van der Waals surface area contributed by atoms with Gasteiger partial charge in [0.05, 0.1) is 5.56 Å². The van der Waals surface area contributed by atoms with E-state index in [4.69, 9.17) is 9.47 Å². The molecular weight excluding hydrogens is 446 g/mol. The molecule has 0 saturated heterocycles. The van der Waals surface area contributed by atoms with Gasteiger partial charge in [0, 0.05) is 10.0 Å². The molecule has 1 heterocycles. The van der Waals surface area contributed by atoms with Crippen molar-refractivity contribution in [2.75, 3.05) is 0 Å². The van der Waals surface area contributed by atoms with E-state index in [1.165, 1.54) is 0 Å². The molecule has 0 aliphatic carbocycles. The number of cyclic esters (lactones) is 1. The lowest BCUT2D eigenvalue weighted by Crippen LogP contribution is -2.08. The van der Waals surface area contributed by atoms with Crippen LogP contribution in [-0.4, -0.2) is 17.8 Å². The summed E-state index contributed by atoms with van der Waals surface area (Å²) >= 11 is 3.33. The van der Waals surface area contributed by atoms with Crippen molar-refractivity contribution in [2.45, 2.75) is 6.92 Å². The molecule has 1 aliphatic heterocycles. The Kier molecular flexibility index (Phi) is 5.59. The third-order valence-corrected chi connectivity index (χ3v) is 4.87. The van der Waals surface area contributed by atoms with E-state index in [2.05, 4.69) is 20.9 Å². The van der Waals surface area contributed by atoms with Gasteiger partial charge in [-0.2, -0.15) is 0 Å².